The summed E-state index contributed by atoms with van der Waals surface area (Å²) in [6.07, 6.45) is 4.82. The molecule has 0 fully saturated rings. The largest absolute Gasteiger partial charge is 0.489 e. The third kappa shape index (κ3) is 4.17. The van der Waals surface area contributed by atoms with Gasteiger partial charge in [-0.2, -0.15) is 0 Å². The van der Waals surface area contributed by atoms with Crippen LogP contribution in [0.2, 0.25) is 0 Å². The molecule has 0 aliphatic carbocycles. The number of carbonyl (C=O) groups excluding carboxylic acids is 2. The van der Waals surface area contributed by atoms with Crippen LogP contribution in [0.5, 0.6) is 5.75 Å². The van der Waals surface area contributed by atoms with E-state index in [-0.39, 0.29) is 18.4 Å². The number of rotatable bonds is 4. The maximum Gasteiger partial charge on any atom is 0.246 e. The zero-order valence-electron chi connectivity index (χ0n) is 18.2. The molecule has 1 aliphatic heterocycles. The van der Waals surface area contributed by atoms with Crippen molar-refractivity contribution in [3.05, 3.63) is 59.4 Å². The molecule has 0 radical (unpaired) electrons. The molecule has 0 saturated carbocycles. The number of ether oxygens (including phenoxy) is 1. The number of H-pyrrole nitrogens is 1. The third-order valence-electron chi connectivity index (χ3n) is 5.57. The molecule has 0 spiro atoms. The molecular formula is C24H26N4O3. The molecule has 0 saturated heterocycles. The summed E-state index contributed by atoms with van der Waals surface area (Å²) >= 11 is 0. The van der Waals surface area contributed by atoms with E-state index in [4.69, 9.17) is 4.74 Å². The van der Waals surface area contributed by atoms with E-state index in [2.05, 4.69) is 28.3 Å². The smallest absolute Gasteiger partial charge is 0.246 e. The number of amides is 2. The fourth-order valence-corrected chi connectivity index (χ4v) is 3.46. The van der Waals surface area contributed by atoms with Crippen LogP contribution in [0, 0.1) is 12.3 Å². The molecule has 7 nitrogen and oxygen atoms in total. The van der Waals surface area contributed by atoms with Crippen LogP contribution in [-0.2, 0) is 16.1 Å². The second kappa shape index (κ2) is 7.91. The number of para-hydroxylation sites is 1. The summed E-state index contributed by atoms with van der Waals surface area (Å²) in [5.41, 5.74) is 3.31. The maximum absolute atomic E-state index is 12.6. The molecule has 0 atom stereocenters. The van der Waals surface area contributed by atoms with Gasteiger partial charge in [-0.25, -0.2) is 4.98 Å². The standard InChI is InChI=1S/C24H26N4O3/c1-15-17-7-5-6-8-18(17)26-19(15)13-28(4)21(29)10-9-16-11-20-22(25-12-16)27-23(30)24(2,3)14-31-20/h5-12,26H,13-14H2,1-4H3,(H,25,27,30). The highest BCUT2D eigenvalue weighted by atomic mass is 16.5. The molecule has 31 heavy (non-hydrogen) atoms. The predicted molar refractivity (Wildman–Crippen MR) is 121 cm³/mol. The Morgan fingerprint density at radius 3 is 2.87 bits per heavy atom. The van der Waals surface area contributed by atoms with Crippen molar-refractivity contribution in [3.63, 3.8) is 0 Å². The lowest BCUT2D eigenvalue weighted by Crippen LogP contribution is -2.33. The second-order valence-electron chi connectivity index (χ2n) is 8.54. The molecule has 1 aliphatic rings. The fraction of sp³-hybridized carbons (Fsp3) is 0.292. The van der Waals surface area contributed by atoms with Crippen molar-refractivity contribution in [1.29, 1.82) is 0 Å². The highest BCUT2D eigenvalue weighted by Crippen LogP contribution is 2.31. The number of aryl methyl sites for hydroxylation is 1. The minimum atomic E-state index is -0.643. The average molecular weight is 418 g/mol. The van der Waals surface area contributed by atoms with Crippen molar-refractivity contribution >= 4 is 34.6 Å². The van der Waals surface area contributed by atoms with E-state index >= 15 is 0 Å². The van der Waals surface area contributed by atoms with E-state index < -0.39 is 5.41 Å². The highest BCUT2D eigenvalue weighted by Gasteiger charge is 2.32. The van der Waals surface area contributed by atoms with Gasteiger partial charge < -0.3 is 19.9 Å². The van der Waals surface area contributed by atoms with Gasteiger partial charge in [0.05, 0.1) is 12.0 Å². The number of nitrogens with zero attached hydrogens (tertiary/aromatic N) is 2. The van der Waals surface area contributed by atoms with Gasteiger partial charge in [0.1, 0.15) is 6.61 Å². The van der Waals surface area contributed by atoms with E-state index in [9.17, 15) is 9.59 Å². The van der Waals surface area contributed by atoms with Crippen molar-refractivity contribution in [2.24, 2.45) is 5.41 Å². The number of hydrogen-bond acceptors (Lipinski definition) is 4. The van der Waals surface area contributed by atoms with Gasteiger partial charge in [-0.1, -0.05) is 18.2 Å². The number of aromatic nitrogens is 2. The van der Waals surface area contributed by atoms with Crippen molar-refractivity contribution in [3.8, 4) is 5.75 Å². The summed E-state index contributed by atoms with van der Waals surface area (Å²) in [7, 11) is 1.77. The summed E-state index contributed by atoms with van der Waals surface area (Å²) in [5.74, 6) is 0.635. The average Bonchev–Trinajstić information content (AvgIpc) is 3.00. The number of hydrogen-bond donors (Lipinski definition) is 2. The SMILES string of the molecule is Cc1c(CN(C)C(=O)C=Cc2cnc3c(c2)OCC(C)(C)C(=O)N3)[nH]c2ccccc12. The van der Waals surface area contributed by atoms with Crippen LogP contribution < -0.4 is 10.1 Å². The normalized spacial score (nSPS) is 15.3. The highest BCUT2D eigenvalue weighted by molar-refractivity contribution is 5.96. The van der Waals surface area contributed by atoms with Crippen LogP contribution >= 0.6 is 0 Å². The number of benzene rings is 1. The molecule has 0 bridgehead atoms. The number of fused-ring (bicyclic) bond motifs is 2. The Balaban J connectivity index is 1.46. The Kier molecular flexibility index (Phi) is 5.27. The van der Waals surface area contributed by atoms with Crippen LogP contribution in [-0.4, -0.2) is 40.3 Å². The minimum Gasteiger partial charge on any atom is -0.489 e. The Morgan fingerprint density at radius 1 is 1.32 bits per heavy atom. The lowest BCUT2D eigenvalue weighted by atomic mass is 9.94. The number of anilines is 1. The van der Waals surface area contributed by atoms with E-state index in [0.29, 0.717) is 18.1 Å². The molecule has 160 valence electrons. The lowest BCUT2D eigenvalue weighted by molar-refractivity contribution is -0.125. The van der Waals surface area contributed by atoms with Crippen LogP contribution in [0.15, 0.2) is 42.6 Å². The van der Waals surface area contributed by atoms with Gasteiger partial charge in [0, 0.05) is 35.9 Å². The zero-order valence-corrected chi connectivity index (χ0v) is 18.2. The summed E-state index contributed by atoms with van der Waals surface area (Å²) in [4.78, 5) is 34.2. The van der Waals surface area contributed by atoms with Crippen LogP contribution in [0.1, 0.15) is 30.7 Å². The number of nitrogens with one attached hydrogen (secondary N) is 2. The van der Waals surface area contributed by atoms with Gasteiger partial charge >= 0.3 is 0 Å². The van der Waals surface area contributed by atoms with E-state index in [0.717, 1.165) is 22.3 Å². The van der Waals surface area contributed by atoms with Crippen LogP contribution in [0.4, 0.5) is 5.82 Å². The molecule has 2 N–H and O–H groups in total. The zero-order chi connectivity index (χ0) is 22.2. The molecule has 3 heterocycles. The third-order valence-corrected chi connectivity index (χ3v) is 5.57. The first-order chi connectivity index (χ1) is 14.7. The molecule has 7 heteroatoms. The number of pyridine rings is 1. The van der Waals surface area contributed by atoms with Crippen LogP contribution in [0.25, 0.3) is 17.0 Å². The van der Waals surface area contributed by atoms with E-state index in [1.807, 2.05) is 32.0 Å². The summed E-state index contributed by atoms with van der Waals surface area (Å²) in [6.45, 7) is 6.43. The van der Waals surface area contributed by atoms with E-state index in [1.165, 1.54) is 11.5 Å². The number of likely N-dealkylation sites (N-methyl/N-ethyl adjacent to an activating group) is 1. The molecule has 2 aromatic heterocycles. The molecule has 0 unspecified atom stereocenters. The summed E-state index contributed by atoms with van der Waals surface area (Å²) in [6, 6.07) is 9.88. The van der Waals surface area contributed by atoms with Crippen LogP contribution in [0.3, 0.4) is 0 Å². The van der Waals surface area contributed by atoms with Gasteiger partial charge in [-0.05, 0) is 50.1 Å². The predicted octanol–water partition coefficient (Wildman–Crippen LogP) is 3.90. The molecule has 4 rings (SSSR count). The Bertz CT molecular complexity index is 1190. The Morgan fingerprint density at radius 2 is 2.10 bits per heavy atom. The summed E-state index contributed by atoms with van der Waals surface area (Å²) in [5, 5.41) is 3.96. The Hall–Kier alpha value is -3.61. The lowest BCUT2D eigenvalue weighted by Gasteiger charge is -2.18. The van der Waals surface area contributed by atoms with E-state index in [1.54, 1.807) is 30.3 Å². The topological polar surface area (TPSA) is 87.3 Å². The molecule has 3 aromatic rings. The van der Waals surface area contributed by atoms with Crippen molar-refractivity contribution < 1.29 is 14.3 Å². The van der Waals surface area contributed by atoms with Crippen molar-refractivity contribution in [2.45, 2.75) is 27.3 Å². The molecule has 1 aromatic carbocycles. The van der Waals surface area contributed by atoms with Gasteiger partial charge in [0.25, 0.3) is 0 Å². The monoisotopic (exact) mass is 418 g/mol. The first-order valence-corrected chi connectivity index (χ1v) is 10.2. The van der Waals surface area contributed by atoms with Crippen molar-refractivity contribution in [1.82, 2.24) is 14.9 Å². The molecule has 2 amide bonds. The maximum atomic E-state index is 12.6. The van der Waals surface area contributed by atoms with Gasteiger partial charge in [0.15, 0.2) is 11.6 Å². The Labute approximate surface area is 181 Å². The van der Waals surface area contributed by atoms with Gasteiger partial charge in [0.2, 0.25) is 11.8 Å². The first-order valence-electron chi connectivity index (χ1n) is 10.2. The van der Waals surface area contributed by atoms with Gasteiger partial charge in [-0.3, -0.25) is 9.59 Å². The number of aromatic amines is 1. The summed E-state index contributed by atoms with van der Waals surface area (Å²) < 4.78 is 5.77. The fourth-order valence-electron chi connectivity index (χ4n) is 3.46. The van der Waals surface area contributed by atoms with Gasteiger partial charge in [-0.15, -0.1) is 0 Å². The first kappa shape index (κ1) is 20.7. The second-order valence-corrected chi connectivity index (χ2v) is 8.54. The minimum absolute atomic E-state index is 0.122. The molecular weight excluding hydrogens is 392 g/mol. The van der Waals surface area contributed by atoms with Crippen molar-refractivity contribution in [2.75, 3.05) is 19.0 Å². The number of carbonyl (C=O) groups is 2. The quantitative estimate of drug-likeness (QED) is 0.629.